The third kappa shape index (κ3) is 3.60. The maximum Gasteiger partial charge on any atom is 0.258 e. The molecule has 1 heterocycles. The van der Waals surface area contributed by atoms with E-state index in [-0.39, 0.29) is 42.1 Å². The van der Waals surface area contributed by atoms with Gasteiger partial charge in [-0.1, -0.05) is 11.6 Å². The average Bonchev–Trinajstić information content (AvgIpc) is 3.35. The summed E-state index contributed by atoms with van der Waals surface area (Å²) in [6.45, 7) is -0.135. The second-order valence-corrected chi connectivity index (χ2v) is 7.89. The SMILES string of the molecule is COCc1nnc([C@@]23CCC(NC(=O)COc4ccc(Cl)c(F)c4)(CC2=O)C3)o1. The zero-order chi connectivity index (χ0) is 20.6. The van der Waals surface area contributed by atoms with E-state index in [1.54, 1.807) is 0 Å². The standard InChI is InChI=1S/C19H19ClFN3O5/c1-27-9-16-23-24-17(29-16)19-5-4-18(10-19,7-14(19)25)22-15(26)8-28-11-2-3-12(20)13(21)6-11/h2-3,6H,4-5,7-10H2,1H3,(H,22,26)/t18?,19-/m1/s1. The zero-order valence-electron chi connectivity index (χ0n) is 15.7. The van der Waals surface area contributed by atoms with Gasteiger partial charge in [0.05, 0.1) is 5.02 Å². The first kappa shape index (κ1) is 19.8. The molecule has 0 radical (unpaired) electrons. The van der Waals surface area contributed by atoms with Crippen LogP contribution in [0.1, 0.15) is 37.5 Å². The van der Waals surface area contributed by atoms with E-state index in [0.29, 0.717) is 25.2 Å². The fourth-order valence-electron chi connectivity index (χ4n) is 4.20. The number of fused-ring (bicyclic) bond motifs is 2. The normalized spacial score (nSPS) is 25.4. The Morgan fingerprint density at radius 1 is 1.38 bits per heavy atom. The van der Waals surface area contributed by atoms with Gasteiger partial charge in [-0.25, -0.2) is 4.39 Å². The first-order chi connectivity index (χ1) is 13.9. The summed E-state index contributed by atoms with van der Waals surface area (Å²) in [5.41, 5.74) is -1.54. The molecule has 2 aromatic rings. The van der Waals surface area contributed by atoms with Crippen LogP contribution in [0.3, 0.4) is 0 Å². The number of benzene rings is 1. The maximum absolute atomic E-state index is 13.5. The van der Waals surface area contributed by atoms with E-state index in [0.717, 1.165) is 6.07 Å². The molecule has 1 unspecified atom stereocenters. The molecule has 0 aliphatic heterocycles. The Kier molecular flexibility index (Phi) is 5.04. The summed E-state index contributed by atoms with van der Waals surface area (Å²) in [6, 6.07) is 3.94. The number of hydrogen-bond acceptors (Lipinski definition) is 7. The van der Waals surface area contributed by atoms with Gasteiger partial charge in [0.2, 0.25) is 11.8 Å². The van der Waals surface area contributed by atoms with E-state index in [4.69, 9.17) is 25.5 Å². The van der Waals surface area contributed by atoms with Crippen LogP contribution < -0.4 is 10.1 Å². The van der Waals surface area contributed by atoms with Gasteiger partial charge in [-0.2, -0.15) is 0 Å². The van der Waals surface area contributed by atoms with Crippen molar-refractivity contribution < 1.29 is 27.9 Å². The first-order valence-electron chi connectivity index (χ1n) is 9.10. The number of methoxy groups -OCH3 is 1. The molecular formula is C19H19ClFN3O5. The summed E-state index contributed by atoms with van der Waals surface area (Å²) in [5.74, 6) is -0.275. The van der Waals surface area contributed by atoms with Gasteiger partial charge >= 0.3 is 0 Å². The fourth-order valence-corrected chi connectivity index (χ4v) is 4.32. The summed E-state index contributed by atoms with van der Waals surface area (Å²) >= 11 is 5.63. The number of halogens is 2. The Balaban J connectivity index is 1.41. The number of nitrogens with zero attached hydrogens (tertiary/aromatic N) is 2. The molecule has 0 saturated heterocycles. The van der Waals surface area contributed by atoms with Crippen LogP contribution in [0.25, 0.3) is 0 Å². The van der Waals surface area contributed by atoms with Crippen molar-refractivity contribution >= 4 is 23.3 Å². The number of ether oxygens (including phenoxy) is 2. The van der Waals surface area contributed by atoms with E-state index in [1.165, 1.54) is 19.2 Å². The minimum absolute atomic E-state index is 0.0258. The molecule has 2 fully saturated rings. The molecule has 29 heavy (non-hydrogen) atoms. The molecule has 2 saturated carbocycles. The predicted molar refractivity (Wildman–Crippen MR) is 97.9 cm³/mol. The third-order valence-corrected chi connectivity index (χ3v) is 5.82. The highest BCUT2D eigenvalue weighted by molar-refractivity contribution is 6.30. The Labute approximate surface area is 170 Å². The number of carbonyl (C=O) groups is 2. The predicted octanol–water partition coefficient (Wildman–Crippen LogP) is 2.34. The van der Waals surface area contributed by atoms with Crippen LogP contribution in [-0.4, -0.2) is 41.1 Å². The van der Waals surface area contributed by atoms with Crippen molar-refractivity contribution in [3.05, 3.63) is 40.8 Å². The molecule has 1 aromatic carbocycles. The second-order valence-electron chi connectivity index (χ2n) is 7.49. The van der Waals surface area contributed by atoms with Crippen LogP contribution in [0.5, 0.6) is 5.75 Å². The van der Waals surface area contributed by atoms with E-state index < -0.39 is 22.7 Å². The van der Waals surface area contributed by atoms with Gasteiger partial charge in [-0.05, 0) is 31.4 Å². The highest BCUT2D eigenvalue weighted by atomic mass is 35.5. The van der Waals surface area contributed by atoms with Gasteiger partial charge in [0.1, 0.15) is 23.6 Å². The maximum atomic E-state index is 13.5. The van der Waals surface area contributed by atoms with Gasteiger partial charge in [0.25, 0.3) is 5.91 Å². The molecule has 1 N–H and O–H groups in total. The third-order valence-electron chi connectivity index (χ3n) is 5.51. The van der Waals surface area contributed by atoms with E-state index >= 15 is 0 Å². The summed E-state index contributed by atoms with van der Waals surface area (Å²) < 4.78 is 29.4. The Morgan fingerprint density at radius 2 is 2.21 bits per heavy atom. The highest BCUT2D eigenvalue weighted by Crippen LogP contribution is 2.55. The number of nitrogens with one attached hydrogen (secondary N) is 1. The van der Waals surface area contributed by atoms with E-state index in [1.807, 2.05) is 0 Å². The monoisotopic (exact) mass is 423 g/mol. The first-order valence-corrected chi connectivity index (χ1v) is 9.48. The van der Waals surface area contributed by atoms with E-state index in [2.05, 4.69) is 15.5 Å². The molecule has 0 spiro atoms. The molecule has 8 nitrogen and oxygen atoms in total. The lowest BCUT2D eigenvalue weighted by atomic mass is 9.82. The van der Waals surface area contributed by atoms with Gasteiger partial charge in [0, 0.05) is 25.1 Å². The van der Waals surface area contributed by atoms with Crippen molar-refractivity contribution in [3.8, 4) is 5.75 Å². The Morgan fingerprint density at radius 3 is 2.93 bits per heavy atom. The Hall–Kier alpha value is -2.52. The van der Waals surface area contributed by atoms with Crippen molar-refractivity contribution in [3.63, 3.8) is 0 Å². The number of carbonyl (C=O) groups excluding carboxylic acids is 2. The molecule has 2 aliphatic rings. The lowest BCUT2D eigenvalue weighted by Gasteiger charge is -2.27. The zero-order valence-corrected chi connectivity index (χ0v) is 16.4. The topological polar surface area (TPSA) is 104 Å². The smallest absolute Gasteiger partial charge is 0.258 e. The van der Waals surface area contributed by atoms with Gasteiger partial charge in [0.15, 0.2) is 12.4 Å². The minimum Gasteiger partial charge on any atom is -0.484 e. The fraction of sp³-hybridized carbons (Fsp3) is 0.474. The van der Waals surface area contributed by atoms with Crippen LogP contribution in [-0.2, 0) is 26.3 Å². The summed E-state index contributed by atoms with van der Waals surface area (Å²) in [5, 5.41) is 10.8. The minimum atomic E-state index is -0.869. The van der Waals surface area contributed by atoms with Gasteiger partial charge in [-0.3, -0.25) is 9.59 Å². The van der Waals surface area contributed by atoms with Crippen molar-refractivity contribution in [2.45, 2.75) is 43.2 Å². The molecule has 154 valence electrons. The van der Waals surface area contributed by atoms with Crippen LogP contribution in [0.4, 0.5) is 4.39 Å². The quantitative estimate of drug-likeness (QED) is 0.728. The van der Waals surface area contributed by atoms with Crippen molar-refractivity contribution in [2.24, 2.45) is 0 Å². The second kappa shape index (κ2) is 7.38. The van der Waals surface area contributed by atoms with Crippen molar-refractivity contribution in [1.82, 2.24) is 15.5 Å². The van der Waals surface area contributed by atoms with Gasteiger partial charge in [-0.15, -0.1) is 10.2 Å². The summed E-state index contributed by atoms with van der Waals surface area (Å²) in [7, 11) is 1.51. The van der Waals surface area contributed by atoms with Crippen LogP contribution in [0.2, 0.25) is 5.02 Å². The molecule has 1 amide bonds. The number of rotatable bonds is 7. The number of ketones is 1. The molecule has 2 bridgehead atoms. The number of hydrogen-bond donors (Lipinski definition) is 1. The Bertz CT molecular complexity index is 967. The molecular weight excluding hydrogens is 405 g/mol. The highest BCUT2D eigenvalue weighted by Gasteiger charge is 2.63. The molecule has 10 heteroatoms. The molecule has 1 aromatic heterocycles. The number of aromatic nitrogens is 2. The molecule has 4 rings (SSSR count). The summed E-state index contributed by atoms with van der Waals surface area (Å²) in [4.78, 5) is 25.2. The average molecular weight is 424 g/mol. The lowest BCUT2D eigenvalue weighted by molar-refractivity contribution is -0.126. The molecule has 2 aliphatic carbocycles. The van der Waals surface area contributed by atoms with Crippen molar-refractivity contribution in [2.75, 3.05) is 13.7 Å². The largest absolute Gasteiger partial charge is 0.484 e. The van der Waals surface area contributed by atoms with Gasteiger partial charge < -0.3 is 19.2 Å². The number of amides is 1. The summed E-state index contributed by atoms with van der Waals surface area (Å²) in [6.07, 6.45) is 1.72. The van der Waals surface area contributed by atoms with E-state index in [9.17, 15) is 14.0 Å². The number of Topliss-reactive ketones (excluding diaryl/α,β-unsaturated/α-hetero) is 1. The van der Waals surface area contributed by atoms with Crippen LogP contribution in [0, 0.1) is 5.82 Å². The van der Waals surface area contributed by atoms with Crippen molar-refractivity contribution in [1.29, 1.82) is 0 Å². The van der Waals surface area contributed by atoms with Crippen LogP contribution in [0.15, 0.2) is 22.6 Å². The van der Waals surface area contributed by atoms with Crippen LogP contribution >= 0.6 is 11.6 Å². The lowest BCUT2D eigenvalue weighted by Crippen LogP contribution is -2.47. The molecule has 2 atom stereocenters.